The van der Waals surface area contributed by atoms with Gasteiger partial charge in [-0.05, 0) is 18.1 Å². The minimum Gasteiger partial charge on any atom is -0.386 e. The van der Waals surface area contributed by atoms with Crippen molar-refractivity contribution in [2.24, 2.45) is 11.7 Å². The molecule has 3 N–H and O–H groups in total. The number of anilines is 2. The maximum atomic E-state index is 5.52. The van der Waals surface area contributed by atoms with Gasteiger partial charge in [0, 0.05) is 32.7 Å². The third-order valence-electron chi connectivity index (χ3n) is 4.45. The fourth-order valence-corrected chi connectivity index (χ4v) is 2.91. The number of piperazine rings is 1. The normalized spacial score (nSPS) is 16.0. The van der Waals surface area contributed by atoms with Crippen molar-refractivity contribution in [3.63, 3.8) is 0 Å². The van der Waals surface area contributed by atoms with Gasteiger partial charge >= 0.3 is 0 Å². The molecule has 22 heavy (non-hydrogen) atoms. The average molecular weight is 303 g/mol. The van der Waals surface area contributed by atoms with Crippen LogP contribution >= 0.6 is 0 Å². The van der Waals surface area contributed by atoms with E-state index >= 15 is 0 Å². The molecule has 0 atom stereocenters. The van der Waals surface area contributed by atoms with E-state index in [1.807, 2.05) is 12.3 Å². The van der Waals surface area contributed by atoms with Crippen molar-refractivity contribution in [3.05, 3.63) is 30.7 Å². The van der Waals surface area contributed by atoms with Crippen LogP contribution in [0.25, 0.3) is 0 Å². The Morgan fingerprint density at radius 2 is 1.95 bits per heavy atom. The predicted molar refractivity (Wildman–Crippen MR) is 93.9 cm³/mol. The smallest absolute Gasteiger partial charge is 0.131 e. The third kappa shape index (κ3) is 4.63. The summed E-state index contributed by atoms with van der Waals surface area (Å²) in [6, 6.07) is 4.04. The molecule has 1 aromatic heterocycles. The molecule has 1 aliphatic rings. The first kappa shape index (κ1) is 16.6. The zero-order chi connectivity index (χ0) is 15.9. The zero-order valence-electron chi connectivity index (χ0n) is 13.9. The van der Waals surface area contributed by atoms with Gasteiger partial charge in [0.25, 0.3) is 0 Å². The van der Waals surface area contributed by atoms with E-state index in [-0.39, 0.29) is 0 Å². The van der Waals surface area contributed by atoms with Crippen LogP contribution in [-0.4, -0.2) is 42.6 Å². The van der Waals surface area contributed by atoms with E-state index < -0.39 is 0 Å². The van der Waals surface area contributed by atoms with Gasteiger partial charge in [0.2, 0.25) is 0 Å². The zero-order valence-corrected chi connectivity index (χ0v) is 13.9. The molecule has 1 aromatic rings. The molecule has 0 saturated carbocycles. The van der Waals surface area contributed by atoms with Gasteiger partial charge in [-0.25, -0.2) is 4.98 Å². The molecule has 0 bridgehead atoms. The van der Waals surface area contributed by atoms with Gasteiger partial charge in [0.1, 0.15) is 5.82 Å². The Morgan fingerprint density at radius 1 is 1.27 bits per heavy atom. The lowest BCUT2D eigenvalue weighted by molar-refractivity contribution is 0.212. The number of hydrogen-bond donors (Lipinski definition) is 2. The quantitative estimate of drug-likeness (QED) is 0.810. The summed E-state index contributed by atoms with van der Waals surface area (Å²) in [5, 5.41) is 2.92. The lowest BCUT2D eigenvalue weighted by Crippen LogP contribution is -2.47. The van der Waals surface area contributed by atoms with Gasteiger partial charge in [-0.15, -0.1) is 0 Å². The second kappa shape index (κ2) is 8.03. The topological polar surface area (TPSA) is 57.4 Å². The van der Waals surface area contributed by atoms with Crippen LogP contribution in [0.4, 0.5) is 11.5 Å². The van der Waals surface area contributed by atoms with Gasteiger partial charge in [0.15, 0.2) is 0 Å². The highest BCUT2D eigenvalue weighted by Gasteiger charge is 2.19. The van der Waals surface area contributed by atoms with Crippen molar-refractivity contribution in [1.82, 2.24) is 9.88 Å². The largest absolute Gasteiger partial charge is 0.386 e. The molecule has 5 heteroatoms. The highest BCUT2D eigenvalue weighted by Crippen LogP contribution is 2.18. The maximum Gasteiger partial charge on any atom is 0.131 e. The van der Waals surface area contributed by atoms with Crippen molar-refractivity contribution in [2.45, 2.75) is 26.7 Å². The van der Waals surface area contributed by atoms with Crippen molar-refractivity contribution in [3.8, 4) is 0 Å². The molecule has 1 saturated heterocycles. The molecule has 0 aromatic carbocycles. The van der Waals surface area contributed by atoms with Crippen LogP contribution < -0.4 is 16.0 Å². The number of hydrogen-bond acceptors (Lipinski definition) is 5. The van der Waals surface area contributed by atoms with Crippen molar-refractivity contribution in [1.29, 1.82) is 0 Å². The Labute approximate surface area is 134 Å². The molecule has 5 nitrogen and oxygen atoms in total. The fourth-order valence-electron chi connectivity index (χ4n) is 2.91. The van der Waals surface area contributed by atoms with Gasteiger partial charge in [-0.1, -0.05) is 33.3 Å². The molecule has 0 spiro atoms. The Balaban J connectivity index is 1.84. The maximum absolute atomic E-state index is 5.52. The molecule has 0 aliphatic carbocycles. The molecular formula is C17H29N5. The predicted octanol–water partition coefficient (Wildman–Crippen LogP) is 2.48. The number of pyridine rings is 1. The average Bonchev–Trinajstić information content (AvgIpc) is 2.53. The van der Waals surface area contributed by atoms with Crippen LogP contribution in [0.15, 0.2) is 30.7 Å². The van der Waals surface area contributed by atoms with Gasteiger partial charge < -0.3 is 16.0 Å². The van der Waals surface area contributed by atoms with Crippen molar-refractivity contribution >= 4 is 11.5 Å². The number of nitrogens with one attached hydrogen (secondary N) is 1. The summed E-state index contributed by atoms with van der Waals surface area (Å²) in [4.78, 5) is 9.37. The molecule has 122 valence electrons. The molecule has 1 aliphatic heterocycles. The fraction of sp³-hybridized carbons (Fsp3) is 0.588. The van der Waals surface area contributed by atoms with Crippen LogP contribution in [0.3, 0.4) is 0 Å². The molecule has 2 heterocycles. The minimum absolute atomic E-state index is 0.412. The second-order valence-corrected chi connectivity index (χ2v) is 6.02. The van der Waals surface area contributed by atoms with E-state index in [1.165, 1.54) is 25.1 Å². The summed E-state index contributed by atoms with van der Waals surface area (Å²) < 4.78 is 0. The molecular weight excluding hydrogens is 274 g/mol. The van der Waals surface area contributed by atoms with Crippen LogP contribution in [0.5, 0.6) is 0 Å². The second-order valence-electron chi connectivity index (χ2n) is 6.02. The molecule has 0 amide bonds. The van der Waals surface area contributed by atoms with E-state index in [9.17, 15) is 0 Å². The molecule has 2 rings (SSSR count). The summed E-state index contributed by atoms with van der Waals surface area (Å²) in [5.74, 6) is 1.99. The standard InChI is InChI=1S/C17H29N5/c1-4-15(5-2)13-21-8-10-22(11-9-21)16-6-7-17(19-12-16)20-14(3)18/h6-7,12,15H,3-5,8-11,13,18H2,1-2H3,(H,19,20). The first-order valence-corrected chi connectivity index (χ1v) is 8.27. The lowest BCUT2D eigenvalue weighted by atomic mass is 10.0. The van der Waals surface area contributed by atoms with Gasteiger partial charge in [-0.2, -0.15) is 0 Å². The van der Waals surface area contributed by atoms with E-state index in [1.54, 1.807) is 0 Å². The van der Waals surface area contributed by atoms with Gasteiger partial charge in [-0.3, -0.25) is 4.90 Å². The first-order chi connectivity index (χ1) is 10.6. The van der Waals surface area contributed by atoms with Crippen LogP contribution in [0.1, 0.15) is 26.7 Å². The molecule has 1 fully saturated rings. The van der Waals surface area contributed by atoms with Crippen molar-refractivity contribution in [2.75, 3.05) is 42.9 Å². The first-order valence-electron chi connectivity index (χ1n) is 8.27. The van der Waals surface area contributed by atoms with E-state index in [4.69, 9.17) is 5.73 Å². The Hall–Kier alpha value is -1.75. The summed E-state index contributed by atoms with van der Waals surface area (Å²) >= 11 is 0. The summed E-state index contributed by atoms with van der Waals surface area (Å²) in [5.41, 5.74) is 6.70. The van der Waals surface area contributed by atoms with E-state index in [0.29, 0.717) is 5.82 Å². The minimum atomic E-state index is 0.412. The highest BCUT2D eigenvalue weighted by atomic mass is 15.3. The van der Waals surface area contributed by atoms with Crippen LogP contribution in [0.2, 0.25) is 0 Å². The van der Waals surface area contributed by atoms with E-state index in [0.717, 1.165) is 37.9 Å². The van der Waals surface area contributed by atoms with Crippen molar-refractivity contribution < 1.29 is 0 Å². The third-order valence-corrected chi connectivity index (χ3v) is 4.45. The highest BCUT2D eigenvalue weighted by molar-refractivity contribution is 5.51. The van der Waals surface area contributed by atoms with Crippen LogP contribution in [-0.2, 0) is 0 Å². The van der Waals surface area contributed by atoms with E-state index in [2.05, 4.69) is 46.6 Å². The lowest BCUT2D eigenvalue weighted by Gasteiger charge is -2.37. The molecule has 0 unspecified atom stereocenters. The van der Waals surface area contributed by atoms with Gasteiger partial charge in [0.05, 0.1) is 17.7 Å². The monoisotopic (exact) mass is 303 g/mol. The number of nitrogens with zero attached hydrogens (tertiary/aromatic N) is 3. The summed E-state index contributed by atoms with van der Waals surface area (Å²) in [6.07, 6.45) is 4.46. The summed E-state index contributed by atoms with van der Waals surface area (Å²) in [7, 11) is 0. The summed E-state index contributed by atoms with van der Waals surface area (Å²) in [6.45, 7) is 13.8. The number of nitrogens with two attached hydrogens (primary N) is 1. The Kier molecular flexibility index (Phi) is 6.07. The Bertz CT molecular complexity index is 458. The molecule has 0 radical (unpaired) electrons. The van der Waals surface area contributed by atoms with Crippen LogP contribution in [0, 0.1) is 5.92 Å². The Morgan fingerprint density at radius 3 is 2.45 bits per heavy atom. The number of aromatic nitrogens is 1. The SMILES string of the molecule is C=C(N)Nc1ccc(N2CCN(CC(CC)CC)CC2)cn1. The number of rotatable bonds is 7.